The first kappa shape index (κ1) is 20.6. The lowest BCUT2D eigenvalue weighted by Gasteiger charge is -2.10. The van der Waals surface area contributed by atoms with E-state index >= 15 is 0 Å². The number of rotatable bonds is 6. The molecule has 0 spiro atoms. The van der Waals surface area contributed by atoms with Crippen LogP contribution < -0.4 is 10.0 Å². The summed E-state index contributed by atoms with van der Waals surface area (Å²) in [5.74, 6) is -2.03. The van der Waals surface area contributed by atoms with E-state index < -0.39 is 33.1 Å². The number of hydrogen-bond acceptors (Lipinski definition) is 3. The van der Waals surface area contributed by atoms with Crippen LogP contribution in [0.3, 0.4) is 0 Å². The van der Waals surface area contributed by atoms with Crippen molar-refractivity contribution < 1.29 is 22.0 Å². The predicted molar refractivity (Wildman–Crippen MR) is 106 cm³/mol. The summed E-state index contributed by atoms with van der Waals surface area (Å²) in [5, 5.41) is 2.54. The summed E-state index contributed by atoms with van der Waals surface area (Å²) in [5.41, 5.74) is 1.61. The topological polar surface area (TPSA) is 75.3 Å². The minimum atomic E-state index is -4.01. The molecule has 1 amide bonds. The highest BCUT2D eigenvalue weighted by Gasteiger charge is 2.19. The molecule has 0 aliphatic heterocycles. The quantitative estimate of drug-likeness (QED) is 0.638. The van der Waals surface area contributed by atoms with E-state index in [0.29, 0.717) is 11.3 Å². The summed E-state index contributed by atoms with van der Waals surface area (Å²) in [6.45, 7) is 1.81. The molecule has 0 saturated heterocycles. The molecule has 2 N–H and O–H groups in total. The van der Waals surface area contributed by atoms with Gasteiger partial charge in [-0.3, -0.25) is 4.79 Å². The van der Waals surface area contributed by atoms with Gasteiger partial charge >= 0.3 is 0 Å². The van der Waals surface area contributed by atoms with E-state index in [1.807, 2.05) is 6.92 Å². The monoisotopic (exact) mass is 416 g/mol. The molecule has 0 fully saturated rings. The van der Waals surface area contributed by atoms with Crippen molar-refractivity contribution in [3.05, 3.63) is 95.1 Å². The van der Waals surface area contributed by atoms with Crippen LogP contribution in [0.15, 0.2) is 71.6 Å². The normalized spacial score (nSPS) is 11.3. The third kappa shape index (κ3) is 5.24. The molecule has 0 saturated carbocycles. The SMILES string of the molecule is Cc1ccc(NC(=O)c2cc(S(=O)(=O)NCc3ccc(F)cc3)ccc2F)cc1. The number of anilines is 1. The lowest BCUT2D eigenvalue weighted by molar-refractivity contribution is 0.102. The molecule has 0 bridgehead atoms. The van der Waals surface area contributed by atoms with Crippen molar-refractivity contribution in [2.45, 2.75) is 18.4 Å². The van der Waals surface area contributed by atoms with Crippen molar-refractivity contribution >= 4 is 21.6 Å². The van der Waals surface area contributed by atoms with Crippen molar-refractivity contribution in [2.24, 2.45) is 0 Å². The Morgan fingerprint density at radius 1 is 0.931 bits per heavy atom. The number of nitrogens with one attached hydrogen (secondary N) is 2. The average Bonchev–Trinajstić information content (AvgIpc) is 2.69. The standard InChI is InChI=1S/C21H18F2N2O3S/c1-14-2-8-17(9-3-14)25-21(26)19-12-18(10-11-20(19)23)29(27,28)24-13-15-4-6-16(22)7-5-15/h2-12,24H,13H2,1H3,(H,25,26). The van der Waals surface area contributed by atoms with Crippen LogP contribution in [-0.2, 0) is 16.6 Å². The Hall–Kier alpha value is -3.10. The van der Waals surface area contributed by atoms with Crippen LogP contribution in [0.1, 0.15) is 21.5 Å². The first-order valence-electron chi connectivity index (χ1n) is 8.66. The van der Waals surface area contributed by atoms with Gasteiger partial charge in [0.05, 0.1) is 10.5 Å². The second-order valence-electron chi connectivity index (χ2n) is 6.41. The number of carbonyl (C=O) groups is 1. The molecule has 0 radical (unpaired) electrons. The summed E-state index contributed by atoms with van der Waals surface area (Å²) < 4.78 is 54.5. The van der Waals surface area contributed by atoms with Gasteiger partial charge in [0.15, 0.2) is 0 Å². The molecule has 0 aliphatic carbocycles. The molecular weight excluding hydrogens is 398 g/mol. The number of sulfonamides is 1. The van der Waals surface area contributed by atoms with E-state index in [-0.39, 0.29) is 11.4 Å². The molecule has 0 aromatic heterocycles. The van der Waals surface area contributed by atoms with Crippen LogP contribution in [0.25, 0.3) is 0 Å². The van der Waals surface area contributed by atoms with Crippen molar-refractivity contribution in [1.29, 1.82) is 0 Å². The number of amides is 1. The summed E-state index contributed by atoms with van der Waals surface area (Å²) >= 11 is 0. The molecule has 0 atom stereocenters. The minimum absolute atomic E-state index is 0.0785. The average molecular weight is 416 g/mol. The Morgan fingerprint density at radius 3 is 2.24 bits per heavy atom. The maximum absolute atomic E-state index is 14.2. The Bertz CT molecular complexity index is 1130. The molecule has 150 valence electrons. The van der Waals surface area contributed by atoms with Crippen LogP contribution in [0.5, 0.6) is 0 Å². The van der Waals surface area contributed by atoms with Crippen LogP contribution in [0.4, 0.5) is 14.5 Å². The molecule has 0 heterocycles. The molecule has 3 aromatic carbocycles. The van der Waals surface area contributed by atoms with E-state index in [1.54, 1.807) is 24.3 Å². The second-order valence-corrected chi connectivity index (χ2v) is 8.18. The largest absolute Gasteiger partial charge is 0.322 e. The number of carbonyl (C=O) groups excluding carboxylic acids is 1. The van der Waals surface area contributed by atoms with Gasteiger partial charge in [0.2, 0.25) is 10.0 Å². The van der Waals surface area contributed by atoms with E-state index in [2.05, 4.69) is 10.0 Å². The first-order chi connectivity index (χ1) is 13.7. The van der Waals surface area contributed by atoms with E-state index in [9.17, 15) is 22.0 Å². The third-order valence-electron chi connectivity index (χ3n) is 4.18. The number of benzene rings is 3. The fraction of sp³-hybridized carbons (Fsp3) is 0.0952. The van der Waals surface area contributed by atoms with E-state index in [1.165, 1.54) is 24.3 Å². The van der Waals surface area contributed by atoms with Gasteiger partial charge in [-0.25, -0.2) is 21.9 Å². The van der Waals surface area contributed by atoms with Crippen molar-refractivity contribution in [3.63, 3.8) is 0 Å². The summed E-state index contributed by atoms with van der Waals surface area (Å²) in [4.78, 5) is 12.2. The maximum atomic E-state index is 14.2. The minimum Gasteiger partial charge on any atom is -0.322 e. The molecule has 5 nitrogen and oxygen atoms in total. The van der Waals surface area contributed by atoms with Gasteiger partial charge in [0, 0.05) is 12.2 Å². The number of halogens is 2. The lowest BCUT2D eigenvalue weighted by atomic mass is 10.2. The van der Waals surface area contributed by atoms with Crippen LogP contribution in [0, 0.1) is 18.6 Å². The molecule has 8 heteroatoms. The predicted octanol–water partition coefficient (Wildman–Crippen LogP) is 4.00. The van der Waals surface area contributed by atoms with Crippen LogP contribution >= 0.6 is 0 Å². The third-order valence-corrected chi connectivity index (χ3v) is 5.58. The smallest absolute Gasteiger partial charge is 0.258 e. The first-order valence-corrected chi connectivity index (χ1v) is 10.1. The zero-order chi connectivity index (χ0) is 21.0. The fourth-order valence-electron chi connectivity index (χ4n) is 2.54. The van der Waals surface area contributed by atoms with Gasteiger partial charge in [0.1, 0.15) is 11.6 Å². The van der Waals surface area contributed by atoms with Gasteiger partial charge in [-0.1, -0.05) is 29.8 Å². The van der Waals surface area contributed by atoms with Crippen molar-refractivity contribution in [2.75, 3.05) is 5.32 Å². The van der Waals surface area contributed by atoms with Crippen LogP contribution in [-0.4, -0.2) is 14.3 Å². The van der Waals surface area contributed by atoms with Gasteiger partial charge in [-0.15, -0.1) is 0 Å². The van der Waals surface area contributed by atoms with Crippen molar-refractivity contribution in [1.82, 2.24) is 4.72 Å². The Balaban J connectivity index is 1.78. The Kier molecular flexibility index (Phi) is 6.05. The van der Waals surface area contributed by atoms with Gasteiger partial charge < -0.3 is 5.32 Å². The zero-order valence-electron chi connectivity index (χ0n) is 15.4. The van der Waals surface area contributed by atoms with Gasteiger partial charge in [0.25, 0.3) is 5.91 Å². The molecular formula is C21H18F2N2O3S. The molecule has 0 aliphatic rings. The van der Waals surface area contributed by atoms with E-state index in [4.69, 9.17) is 0 Å². The molecule has 0 unspecified atom stereocenters. The Labute approximate surface area is 167 Å². The molecule has 3 aromatic rings. The molecule has 29 heavy (non-hydrogen) atoms. The number of hydrogen-bond donors (Lipinski definition) is 2. The highest BCUT2D eigenvalue weighted by Crippen LogP contribution is 2.18. The maximum Gasteiger partial charge on any atom is 0.258 e. The van der Waals surface area contributed by atoms with Crippen LogP contribution in [0.2, 0.25) is 0 Å². The highest BCUT2D eigenvalue weighted by atomic mass is 32.2. The van der Waals surface area contributed by atoms with Crippen molar-refractivity contribution in [3.8, 4) is 0 Å². The highest BCUT2D eigenvalue weighted by molar-refractivity contribution is 7.89. The summed E-state index contributed by atoms with van der Waals surface area (Å²) in [6, 6.07) is 15.2. The van der Waals surface area contributed by atoms with Gasteiger partial charge in [-0.2, -0.15) is 0 Å². The second kappa shape index (κ2) is 8.50. The number of aryl methyl sites for hydroxylation is 1. The van der Waals surface area contributed by atoms with Gasteiger partial charge in [-0.05, 0) is 55.0 Å². The fourth-order valence-corrected chi connectivity index (χ4v) is 3.59. The zero-order valence-corrected chi connectivity index (χ0v) is 16.3. The Morgan fingerprint density at radius 2 is 1.59 bits per heavy atom. The summed E-state index contributed by atoms with van der Waals surface area (Å²) in [6.07, 6.45) is 0. The van der Waals surface area contributed by atoms with E-state index in [0.717, 1.165) is 23.8 Å². The molecule has 3 rings (SSSR count). The lowest BCUT2D eigenvalue weighted by Crippen LogP contribution is -2.24. The summed E-state index contributed by atoms with van der Waals surface area (Å²) in [7, 11) is -4.01.